The standard InChI is InChI=1S/C7H4ClF3N/c8-3-5-1-2-6(12-4-5)7(9,10)11/h1-2H,3H2/q+1. The molecule has 0 amide bonds. The van der Waals surface area contributed by atoms with Crippen molar-refractivity contribution in [2.45, 2.75) is 12.1 Å². The van der Waals surface area contributed by atoms with Gasteiger partial charge >= 0.3 is 18.1 Å². The van der Waals surface area contributed by atoms with E-state index in [4.69, 9.17) is 11.6 Å². The Kier molecular flexibility index (Phi) is 2.43. The molecule has 1 heterocycles. The summed E-state index contributed by atoms with van der Waals surface area (Å²) in [5.74, 6) is 0.116. The van der Waals surface area contributed by atoms with Gasteiger partial charge < -0.3 is 0 Å². The molecule has 1 aromatic rings. The molecule has 1 rings (SSSR count). The fourth-order valence-electron chi connectivity index (χ4n) is 0.618. The van der Waals surface area contributed by atoms with Gasteiger partial charge in [0, 0.05) is 6.07 Å². The van der Waals surface area contributed by atoms with Crippen LogP contribution in [0.25, 0.3) is 0 Å². The minimum absolute atomic E-state index is 0.116. The first kappa shape index (κ1) is 9.14. The van der Waals surface area contributed by atoms with Crippen LogP contribution in [0.4, 0.5) is 13.2 Å². The first-order valence-corrected chi connectivity index (χ1v) is 3.58. The van der Waals surface area contributed by atoms with Crippen molar-refractivity contribution in [3.05, 3.63) is 29.6 Å². The second-order valence-electron chi connectivity index (χ2n) is 2.10. The molecular formula is C7H4ClF3N+. The normalized spacial score (nSPS) is 11.0. The molecule has 0 radical (unpaired) electrons. The van der Waals surface area contributed by atoms with Crippen LogP contribution < -0.4 is 4.98 Å². The van der Waals surface area contributed by atoms with Crippen LogP contribution in [0.1, 0.15) is 11.3 Å². The van der Waals surface area contributed by atoms with Crippen molar-refractivity contribution < 1.29 is 18.2 Å². The Morgan fingerprint density at radius 2 is 2.08 bits per heavy atom. The highest BCUT2D eigenvalue weighted by molar-refractivity contribution is 6.16. The van der Waals surface area contributed by atoms with Crippen molar-refractivity contribution in [3.63, 3.8) is 0 Å². The quantitative estimate of drug-likeness (QED) is 0.623. The maximum Gasteiger partial charge on any atom is 0.496 e. The summed E-state index contributed by atoms with van der Waals surface area (Å²) in [5, 5.41) is 0. The Morgan fingerprint density at radius 1 is 1.42 bits per heavy atom. The summed E-state index contributed by atoms with van der Waals surface area (Å²) in [5.41, 5.74) is -0.499. The van der Waals surface area contributed by atoms with Gasteiger partial charge in [0.1, 0.15) is 0 Å². The summed E-state index contributed by atoms with van der Waals surface area (Å²) in [4.78, 5) is 3.09. The van der Waals surface area contributed by atoms with Crippen LogP contribution in [0.3, 0.4) is 0 Å². The van der Waals surface area contributed by atoms with Gasteiger partial charge in [0.15, 0.2) is 0 Å². The van der Waals surface area contributed by atoms with Gasteiger partial charge in [-0.05, 0) is 11.1 Å². The molecule has 1 aromatic heterocycles. The lowest BCUT2D eigenvalue weighted by Gasteiger charge is -1.92. The molecule has 5 heteroatoms. The van der Waals surface area contributed by atoms with Crippen LogP contribution in [-0.4, -0.2) is 0 Å². The third kappa shape index (κ3) is 2.02. The second kappa shape index (κ2) is 3.20. The number of hydrogen-bond acceptors (Lipinski definition) is 0. The molecule has 0 saturated carbocycles. The van der Waals surface area contributed by atoms with Crippen LogP contribution in [0, 0.1) is 6.20 Å². The summed E-state index contributed by atoms with van der Waals surface area (Å²) in [6, 6.07) is 2.14. The molecule has 0 N–H and O–H groups in total. The largest absolute Gasteiger partial charge is 0.496 e. The van der Waals surface area contributed by atoms with Gasteiger partial charge in [-0.25, -0.2) is 0 Å². The summed E-state index contributed by atoms with van der Waals surface area (Å²) >= 11 is 5.34. The molecule has 0 bridgehead atoms. The molecule has 0 aliphatic rings. The monoisotopic (exact) mass is 194 g/mol. The van der Waals surface area contributed by atoms with E-state index in [0.29, 0.717) is 5.56 Å². The zero-order valence-electron chi connectivity index (χ0n) is 5.82. The SMILES string of the molecule is FC(F)(F)c1ccc(CCl)c#[n+]1. The van der Waals surface area contributed by atoms with Crippen LogP contribution in [0.5, 0.6) is 0 Å². The topological polar surface area (TPSA) is 14.1 Å². The number of alkyl halides is 4. The molecule has 0 aromatic carbocycles. The summed E-state index contributed by atoms with van der Waals surface area (Å²) in [6.07, 6.45) is -2.21. The van der Waals surface area contributed by atoms with Gasteiger partial charge in [0.25, 0.3) is 0 Å². The summed E-state index contributed by atoms with van der Waals surface area (Å²) < 4.78 is 35.7. The molecule has 0 saturated heterocycles. The molecule has 0 unspecified atom stereocenters. The van der Waals surface area contributed by atoms with Gasteiger partial charge in [-0.1, -0.05) is 0 Å². The van der Waals surface area contributed by atoms with Crippen molar-refractivity contribution in [2.24, 2.45) is 0 Å². The Hall–Kier alpha value is -0.950. The van der Waals surface area contributed by atoms with E-state index in [-0.39, 0.29) is 5.88 Å². The molecule has 0 fully saturated rings. The fraction of sp³-hybridized carbons (Fsp3) is 0.286. The van der Waals surface area contributed by atoms with Gasteiger partial charge in [-0.15, -0.1) is 11.6 Å². The number of rotatable bonds is 1. The van der Waals surface area contributed by atoms with Gasteiger partial charge in [0.05, 0.1) is 11.4 Å². The lowest BCUT2D eigenvalue weighted by Crippen LogP contribution is -2.15. The minimum atomic E-state index is -4.40. The van der Waals surface area contributed by atoms with Crippen LogP contribution >= 0.6 is 11.6 Å². The van der Waals surface area contributed by atoms with Crippen molar-refractivity contribution in [2.75, 3.05) is 0 Å². The van der Waals surface area contributed by atoms with Gasteiger partial charge in [-0.3, -0.25) is 0 Å². The number of hydrogen-bond donors (Lipinski definition) is 0. The first-order chi connectivity index (χ1) is 5.54. The second-order valence-corrected chi connectivity index (χ2v) is 2.37. The highest BCUT2D eigenvalue weighted by Gasteiger charge is 2.41. The van der Waals surface area contributed by atoms with Crippen molar-refractivity contribution >= 4 is 11.6 Å². The molecule has 0 atom stereocenters. The van der Waals surface area contributed by atoms with Crippen molar-refractivity contribution in [1.29, 1.82) is 0 Å². The van der Waals surface area contributed by atoms with Crippen LogP contribution in [0.2, 0.25) is 0 Å². The summed E-state index contributed by atoms with van der Waals surface area (Å²) in [6.45, 7) is 0. The molecule has 12 heavy (non-hydrogen) atoms. The molecular weight excluding hydrogens is 191 g/mol. The molecule has 0 spiro atoms. The predicted octanol–water partition coefficient (Wildman–Crippen LogP) is 1.84. The predicted molar refractivity (Wildman–Crippen MR) is 35.4 cm³/mol. The minimum Gasteiger partial charge on any atom is -0.160 e. The lowest BCUT2D eigenvalue weighted by atomic mass is 10.3. The number of nitrogens with zero attached hydrogens (tertiary/aromatic N) is 1. The highest BCUT2D eigenvalue weighted by atomic mass is 35.5. The number of halogens is 4. The van der Waals surface area contributed by atoms with E-state index in [1.54, 1.807) is 0 Å². The Bertz CT molecular complexity index is 254. The van der Waals surface area contributed by atoms with Crippen LogP contribution in [-0.2, 0) is 12.1 Å². The smallest absolute Gasteiger partial charge is 0.160 e. The maximum absolute atomic E-state index is 11.9. The average Bonchev–Trinajstić information content (AvgIpc) is 2.03. The van der Waals surface area contributed by atoms with E-state index in [2.05, 4.69) is 11.2 Å². The fourth-order valence-corrected chi connectivity index (χ4v) is 0.767. The highest BCUT2D eigenvalue weighted by Crippen LogP contribution is 2.24. The van der Waals surface area contributed by atoms with E-state index in [9.17, 15) is 13.2 Å². The third-order valence-corrected chi connectivity index (χ3v) is 1.48. The molecule has 1 nitrogen and oxygen atoms in total. The Morgan fingerprint density at radius 3 is 2.42 bits per heavy atom. The zero-order chi connectivity index (χ0) is 9.19. The van der Waals surface area contributed by atoms with E-state index >= 15 is 0 Å². The van der Waals surface area contributed by atoms with E-state index in [1.165, 1.54) is 6.07 Å². The van der Waals surface area contributed by atoms with E-state index in [0.717, 1.165) is 6.07 Å². The molecule has 0 aliphatic carbocycles. The van der Waals surface area contributed by atoms with Gasteiger partial charge in [-0.2, -0.15) is 13.2 Å². The Balaban J connectivity index is 2.93. The third-order valence-electron chi connectivity index (χ3n) is 1.20. The van der Waals surface area contributed by atoms with E-state index in [1.807, 2.05) is 0 Å². The molecule has 64 valence electrons. The van der Waals surface area contributed by atoms with Crippen molar-refractivity contribution in [1.82, 2.24) is 0 Å². The van der Waals surface area contributed by atoms with Gasteiger partial charge in [0.2, 0.25) is 0 Å². The van der Waals surface area contributed by atoms with E-state index < -0.39 is 11.9 Å². The molecule has 0 aliphatic heterocycles. The first-order valence-electron chi connectivity index (χ1n) is 3.05. The Labute approximate surface area is 72.2 Å². The zero-order valence-corrected chi connectivity index (χ0v) is 6.58. The number of aromatic nitrogens is 1. The van der Waals surface area contributed by atoms with Crippen LogP contribution in [0.15, 0.2) is 12.1 Å². The summed E-state index contributed by atoms with van der Waals surface area (Å²) in [7, 11) is 0. The average molecular weight is 195 g/mol. The lowest BCUT2D eigenvalue weighted by molar-refractivity contribution is -0.359. The van der Waals surface area contributed by atoms with Crippen molar-refractivity contribution in [3.8, 4) is 0 Å². The maximum atomic E-state index is 11.9.